The maximum Gasteiger partial charge on any atom is 0.408 e. The number of alkyl halides is 3. The fourth-order valence-electron chi connectivity index (χ4n) is 5.03. The van der Waals surface area contributed by atoms with Gasteiger partial charge in [0.2, 0.25) is 11.9 Å². The lowest BCUT2D eigenvalue weighted by Gasteiger charge is -2.46. The van der Waals surface area contributed by atoms with Crippen molar-refractivity contribution < 1.29 is 27.6 Å². The van der Waals surface area contributed by atoms with E-state index < -0.39 is 47.9 Å². The molecule has 198 valence electrons. The predicted octanol–water partition coefficient (Wildman–Crippen LogP) is 2.71. The van der Waals surface area contributed by atoms with Crippen molar-refractivity contribution in [2.45, 2.75) is 56.8 Å². The molecule has 13 heteroatoms. The number of hydrogen-bond acceptors (Lipinski definition) is 7. The van der Waals surface area contributed by atoms with Gasteiger partial charge in [-0.3, -0.25) is 19.4 Å². The molecule has 0 unspecified atom stereocenters. The van der Waals surface area contributed by atoms with Gasteiger partial charge in [-0.05, 0) is 48.9 Å². The van der Waals surface area contributed by atoms with E-state index >= 15 is 0 Å². The lowest BCUT2D eigenvalue weighted by molar-refractivity contribution is -0.170. The summed E-state index contributed by atoms with van der Waals surface area (Å²) in [5.41, 5.74) is 6.32. The third-order valence-corrected chi connectivity index (χ3v) is 6.92. The minimum Gasteiger partial charge on any atom is -0.384 e. The van der Waals surface area contributed by atoms with Crippen LogP contribution < -0.4 is 16.0 Å². The molecular weight excluding hydrogens is 491 g/mol. The number of nitrogens with zero attached hydrogens (tertiary/aromatic N) is 5. The van der Waals surface area contributed by atoms with E-state index in [1.54, 1.807) is 12.1 Å². The molecule has 4 rings (SSSR count). The summed E-state index contributed by atoms with van der Waals surface area (Å²) in [6, 6.07) is -0.0170. The number of likely N-dealkylation sites (N-methyl/N-ethyl adjacent to an activating group) is 1. The molecule has 1 saturated carbocycles. The number of aromatic nitrogens is 3. The van der Waals surface area contributed by atoms with Crippen LogP contribution >= 0.6 is 0 Å². The van der Waals surface area contributed by atoms with Crippen molar-refractivity contribution in [3.8, 4) is 0 Å². The smallest absolute Gasteiger partial charge is 0.384 e. The highest BCUT2D eigenvalue weighted by Gasteiger charge is 2.57. The third kappa shape index (κ3) is 5.65. The maximum atomic E-state index is 13.9. The Hall–Kier alpha value is -3.77. The summed E-state index contributed by atoms with van der Waals surface area (Å²) >= 11 is 0. The van der Waals surface area contributed by atoms with Crippen LogP contribution in [-0.2, 0) is 16.0 Å². The minimum absolute atomic E-state index is 0.0227. The largest absolute Gasteiger partial charge is 0.408 e. The molecule has 3 atom stereocenters. The summed E-state index contributed by atoms with van der Waals surface area (Å²) in [6.07, 6.45) is 2.36. The van der Waals surface area contributed by atoms with Crippen LogP contribution in [0.4, 0.5) is 29.7 Å². The molecule has 37 heavy (non-hydrogen) atoms. The molecule has 10 nitrogen and oxygen atoms in total. The summed E-state index contributed by atoms with van der Waals surface area (Å²) < 4.78 is 41.8. The molecule has 2 aromatic heterocycles. The first-order chi connectivity index (χ1) is 17.6. The number of amides is 4. The van der Waals surface area contributed by atoms with Gasteiger partial charge in [0.15, 0.2) is 0 Å². The zero-order chi connectivity index (χ0) is 26.7. The quantitative estimate of drug-likeness (QED) is 0.561. The molecule has 2 fully saturated rings. The second-order valence-corrected chi connectivity index (χ2v) is 9.37. The SMILES string of the molecule is CN(C(=O)[C@@H]1[C@@H](Cc2ccnc(N)c2)C(=O)N1C(=O)N[C@@H](C1CCCCC1)C(F)(F)F)c1ncccn1. The summed E-state index contributed by atoms with van der Waals surface area (Å²) in [5.74, 6) is -3.01. The Bertz CT molecular complexity index is 1140. The zero-order valence-corrected chi connectivity index (χ0v) is 20.2. The first-order valence-electron chi connectivity index (χ1n) is 12.0. The third-order valence-electron chi connectivity index (χ3n) is 6.92. The van der Waals surface area contributed by atoms with Crippen molar-refractivity contribution in [2.24, 2.45) is 11.8 Å². The monoisotopic (exact) mass is 519 g/mol. The van der Waals surface area contributed by atoms with Gasteiger partial charge < -0.3 is 11.1 Å². The fourth-order valence-corrected chi connectivity index (χ4v) is 5.03. The Labute approximate surface area is 211 Å². The lowest BCUT2D eigenvalue weighted by atomic mass is 9.81. The molecular formula is C24H28F3N7O3. The van der Waals surface area contributed by atoms with Crippen LogP contribution in [0.1, 0.15) is 37.7 Å². The normalized spacial score (nSPS) is 21.2. The number of imide groups is 1. The van der Waals surface area contributed by atoms with Gasteiger partial charge in [0.25, 0.3) is 5.91 Å². The van der Waals surface area contributed by atoms with E-state index in [9.17, 15) is 27.6 Å². The number of pyridine rings is 1. The highest BCUT2D eigenvalue weighted by Crippen LogP contribution is 2.36. The van der Waals surface area contributed by atoms with E-state index in [4.69, 9.17) is 5.73 Å². The average molecular weight is 520 g/mol. The molecule has 1 aliphatic carbocycles. The topological polar surface area (TPSA) is 134 Å². The number of urea groups is 1. The summed E-state index contributed by atoms with van der Waals surface area (Å²) in [7, 11) is 1.37. The van der Waals surface area contributed by atoms with Crippen LogP contribution in [0.15, 0.2) is 36.8 Å². The lowest BCUT2D eigenvalue weighted by Crippen LogP contribution is -2.71. The van der Waals surface area contributed by atoms with Crippen LogP contribution in [0, 0.1) is 11.8 Å². The molecule has 0 radical (unpaired) electrons. The molecule has 0 bridgehead atoms. The summed E-state index contributed by atoms with van der Waals surface area (Å²) in [4.78, 5) is 53.3. The van der Waals surface area contributed by atoms with Crippen molar-refractivity contribution in [1.29, 1.82) is 0 Å². The highest BCUT2D eigenvalue weighted by molar-refractivity contribution is 6.12. The van der Waals surface area contributed by atoms with Gasteiger partial charge in [-0.15, -0.1) is 0 Å². The Kier molecular flexibility index (Phi) is 7.60. The van der Waals surface area contributed by atoms with Crippen LogP contribution in [-0.4, -0.2) is 63.0 Å². The Morgan fingerprint density at radius 3 is 2.46 bits per heavy atom. The number of anilines is 2. The first kappa shape index (κ1) is 26.3. The number of rotatable bonds is 6. The number of halogens is 3. The standard InChI is InChI=1S/C24H28F3N7O3/c1-33(22-30-9-5-10-31-22)21(36)18-16(12-14-8-11-29-17(28)13-14)20(35)34(18)23(37)32-19(24(25,26)27)15-6-3-2-4-7-15/h5,8-11,13,15-16,18-19H,2-4,6-7,12H2,1H3,(H2,28,29)(H,32,37)/t16-,18+,19+/m1/s1. The van der Waals surface area contributed by atoms with Gasteiger partial charge >= 0.3 is 12.2 Å². The summed E-state index contributed by atoms with van der Waals surface area (Å²) in [6.45, 7) is 0. The van der Waals surface area contributed by atoms with Gasteiger partial charge in [-0.2, -0.15) is 13.2 Å². The molecule has 3 N–H and O–H groups in total. The number of hydrogen-bond donors (Lipinski definition) is 2. The van der Waals surface area contributed by atoms with E-state index in [1.165, 1.54) is 31.7 Å². The number of carbonyl (C=O) groups excluding carboxylic acids is 3. The van der Waals surface area contributed by atoms with E-state index in [-0.39, 0.29) is 18.2 Å². The van der Waals surface area contributed by atoms with E-state index in [2.05, 4.69) is 15.0 Å². The van der Waals surface area contributed by atoms with Gasteiger partial charge in [-0.1, -0.05) is 19.3 Å². The second-order valence-electron chi connectivity index (χ2n) is 9.37. The summed E-state index contributed by atoms with van der Waals surface area (Å²) in [5, 5.41) is 2.03. The maximum absolute atomic E-state index is 13.9. The second kappa shape index (κ2) is 10.7. The Morgan fingerprint density at radius 2 is 1.84 bits per heavy atom. The molecule has 2 aromatic rings. The highest BCUT2D eigenvalue weighted by atomic mass is 19.4. The number of likely N-dealkylation sites (tertiary alicyclic amines) is 1. The van der Waals surface area contributed by atoms with Crippen LogP contribution in [0.25, 0.3) is 0 Å². The number of nitrogens with one attached hydrogen (secondary N) is 1. The molecule has 1 aliphatic heterocycles. The first-order valence-corrected chi connectivity index (χ1v) is 12.0. The fraction of sp³-hybridized carbons (Fsp3) is 0.500. The molecule has 1 saturated heterocycles. The van der Waals surface area contributed by atoms with E-state index in [0.717, 1.165) is 11.3 Å². The molecule has 0 aromatic carbocycles. The molecule has 2 aliphatic rings. The van der Waals surface area contributed by atoms with Gasteiger partial charge in [0.05, 0.1) is 5.92 Å². The molecule has 3 heterocycles. The van der Waals surface area contributed by atoms with Gasteiger partial charge in [-0.25, -0.2) is 19.7 Å². The molecule has 0 spiro atoms. The predicted molar refractivity (Wildman–Crippen MR) is 127 cm³/mol. The molecule has 4 amide bonds. The van der Waals surface area contributed by atoms with Crippen molar-refractivity contribution >= 4 is 29.6 Å². The average Bonchev–Trinajstić information content (AvgIpc) is 2.88. The Balaban J connectivity index is 1.60. The van der Waals surface area contributed by atoms with E-state index in [1.807, 2.05) is 5.32 Å². The van der Waals surface area contributed by atoms with Gasteiger partial charge in [0.1, 0.15) is 17.9 Å². The Morgan fingerprint density at radius 1 is 1.16 bits per heavy atom. The number of β-lactam (4-membered cyclic amide) rings is 1. The van der Waals surface area contributed by atoms with Crippen molar-refractivity contribution in [2.75, 3.05) is 17.7 Å². The van der Waals surface area contributed by atoms with Crippen LogP contribution in [0.3, 0.4) is 0 Å². The number of carbonyl (C=O) groups is 3. The van der Waals surface area contributed by atoms with E-state index in [0.29, 0.717) is 36.1 Å². The zero-order valence-electron chi connectivity index (χ0n) is 20.2. The van der Waals surface area contributed by atoms with Crippen molar-refractivity contribution in [3.05, 3.63) is 42.4 Å². The number of nitrogens with two attached hydrogens (primary N) is 1. The van der Waals surface area contributed by atoms with Gasteiger partial charge in [0, 0.05) is 25.6 Å². The van der Waals surface area contributed by atoms with Crippen molar-refractivity contribution in [1.82, 2.24) is 25.2 Å². The minimum atomic E-state index is -4.70. The van der Waals surface area contributed by atoms with Crippen molar-refractivity contribution in [3.63, 3.8) is 0 Å². The van der Waals surface area contributed by atoms with Crippen LogP contribution in [0.5, 0.6) is 0 Å². The van der Waals surface area contributed by atoms with Crippen LogP contribution in [0.2, 0.25) is 0 Å². The number of nitrogen functional groups attached to an aromatic ring is 1.